The lowest BCUT2D eigenvalue weighted by atomic mass is 10.1. The maximum atomic E-state index is 10.6. The van der Waals surface area contributed by atoms with Crippen molar-refractivity contribution >= 4 is 11.8 Å². The van der Waals surface area contributed by atoms with Crippen LogP contribution in [-0.2, 0) is 9.59 Å². The van der Waals surface area contributed by atoms with Crippen molar-refractivity contribution in [2.24, 2.45) is 0 Å². The molecule has 114 valence electrons. The molecule has 0 aliphatic rings. The second-order valence-corrected chi connectivity index (χ2v) is 4.38. The van der Waals surface area contributed by atoms with Crippen LogP contribution >= 0.6 is 0 Å². The molecule has 3 nitrogen and oxygen atoms in total. The molecule has 0 aliphatic heterocycles. The molecule has 0 fully saturated rings. The van der Waals surface area contributed by atoms with E-state index < -0.39 is 12.1 Å². The van der Waals surface area contributed by atoms with Gasteiger partial charge in [-0.25, -0.2) is 4.79 Å². The number of ketones is 1. The molecule has 0 spiro atoms. The molecule has 0 aliphatic carbocycles. The van der Waals surface area contributed by atoms with Gasteiger partial charge in [0.05, 0.1) is 0 Å². The van der Waals surface area contributed by atoms with E-state index in [1.807, 2.05) is 0 Å². The van der Waals surface area contributed by atoms with Crippen LogP contribution in [0.3, 0.4) is 0 Å². The summed E-state index contributed by atoms with van der Waals surface area (Å²) in [6.07, 6.45) is 4.76. The number of unbranched alkanes of at least 4 members (excludes halogenated alkanes) is 6. The minimum atomic E-state index is -5.08. The highest BCUT2D eigenvalue weighted by Gasteiger charge is 2.38. The molecule has 0 atom stereocenters. The normalized spacial score (nSPS) is 10.6. The maximum absolute atomic E-state index is 10.6. The van der Waals surface area contributed by atoms with Gasteiger partial charge < -0.3 is 9.90 Å². The highest BCUT2D eigenvalue weighted by molar-refractivity contribution is 5.75. The van der Waals surface area contributed by atoms with Crippen LogP contribution in [0, 0.1) is 0 Å². The van der Waals surface area contributed by atoms with Gasteiger partial charge in [0.25, 0.3) is 0 Å². The highest BCUT2D eigenvalue weighted by Crippen LogP contribution is 2.13. The highest BCUT2D eigenvalue weighted by atomic mass is 19.4. The molecule has 0 rings (SSSR count). The van der Waals surface area contributed by atoms with Crippen molar-refractivity contribution in [2.45, 2.75) is 71.4 Å². The van der Waals surface area contributed by atoms with E-state index in [9.17, 15) is 18.0 Å². The van der Waals surface area contributed by atoms with Crippen molar-refractivity contribution in [3.8, 4) is 0 Å². The lowest BCUT2D eigenvalue weighted by molar-refractivity contribution is -0.192. The van der Waals surface area contributed by atoms with Gasteiger partial charge in [-0.2, -0.15) is 13.2 Å². The van der Waals surface area contributed by atoms with Crippen LogP contribution in [-0.4, -0.2) is 23.0 Å². The van der Waals surface area contributed by atoms with Crippen molar-refractivity contribution in [1.29, 1.82) is 0 Å². The number of hydrogen-bond acceptors (Lipinski definition) is 2. The Morgan fingerprint density at radius 2 is 1.32 bits per heavy atom. The third-order valence-corrected chi connectivity index (χ3v) is 2.37. The first-order chi connectivity index (χ1) is 8.71. The van der Waals surface area contributed by atoms with E-state index in [0.717, 1.165) is 12.8 Å². The van der Waals surface area contributed by atoms with Crippen LogP contribution in [0.2, 0.25) is 0 Å². The first-order valence-corrected chi connectivity index (χ1v) is 6.51. The first kappa shape index (κ1) is 20.3. The quantitative estimate of drug-likeness (QED) is 0.674. The number of halogens is 3. The largest absolute Gasteiger partial charge is 0.490 e. The number of Topliss-reactive ketones (excluding diaryl/α,β-unsaturated/α-hetero) is 1. The molecule has 0 unspecified atom stereocenters. The average Bonchev–Trinajstić information content (AvgIpc) is 2.27. The molecule has 19 heavy (non-hydrogen) atoms. The Hall–Kier alpha value is -1.07. The van der Waals surface area contributed by atoms with E-state index in [1.165, 1.54) is 38.5 Å². The molecule has 0 amide bonds. The first-order valence-electron chi connectivity index (χ1n) is 6.51. The molecule has 0 aromatic heterocycles. The zero-order chi connectivity index (χ0) is 15.3. The molecule has 1 N–H and O–H groups in total. The summed E-state index contributed by atoms with van der Waals surface area (Å²) in [5.41, 5.74) is 0. The van der Waals surface area contributed by atoms with Crippen LogP contribution in [0.25, 0.3) is 0 Å². The van der Waals surface area contributed by atoms with Gasteiger partial charge in [0.2, 0.25) is 0 Å². The molecular weight excluding hydrogens is 261 g/mol. The van der Waals surface area contributed by atoms with Gasteiger partial charge in [-0.05, 0) is 13.3 Å². The van der Waals surface area contributed by atoms with Crippen LogP contribution in [0.4, 0.5) is 13.2 Å². The number of carbonyl (C=O) groups is 2. The Labute approximate surface area is 112 Å². The Morgan fingerprint density at radius 3 is 1.63 bits per heavy atom. The lowest BCUT2D eigenvalue weighted by Crippen LogP contribution is -2.21. The van der Waals surface area contributed by atoms with Gasteiger partial charge >= 0.3 is 12.1 Å². The van der Waals surface area contributed by atoms with Crippen LogP contribution in [0.15, 0.2) is 0 Å². The SMILES string of the molecule is CCCCCCCCCC(C)=O.O=C(O)C(F)(F)F. The summed E-state index contributed by atoms with van der Waals surface area (Å²) >= 11 is 0. The van der Waals surface area contributed by atoms with E-state index in [-0.39, 0.29) is 0 Å². The molecule has 0 saturated carbocycles. The van der Waals surface area contributed by atoms with Crippen molar-refractivity contribution in [1.82, 2.24) is 0 Å². The van der Waals surface area contributed by atoms with Gasteiger partial charge in [-0.3, -0.25) is 0 Å². The number of alkyl halides is 3. The molecule has 0 radical (unpaired) electrons. The summed E-state index contributed by atoms with van der Waals surface area (Å²) in [6.45, 7) is 3.91. The van der Waals surface area contributed by atoms with Crippen LogP contribution in [0.5, 0.6) is 0 Å². The standard InChI is InChI=1S/C11H22O.C2HF3O2/c1-3-4-5-6-7-8-9-10-11(2)12;3-2(4,5)1(6)7/h3-10H2,1-2H3;(H,6,7). The summed E-state index contributed by atoms with van der Waals surface area (Å²) in [4.78, 5) is 19.5. The number of carbonyl (C=O) groups excluding carboxylic acids is 1. The average molecular weight is 284 g/mol. The van der Waals surface area contributed by atoms with Gasteiger partial charge in [0, 0.05) is 6.42 Å². The van der Waals surface area contributed by atoms with Crippen molar-refractivity contribution in [3.63, 3.8) is 0 Å². The monoisotopic (exact) mass is 284 g/mol. The van der Waals surface area contributed by atoms with Gasteiger partial charge in [0.15, 0.2) is 0 Å². The van der Waals surface area contributed by atoms with E-state index in [1.54, 1.807) is 6.92 Å². The molecule has 6 heteroatoms. The zero-order valence-corrected chi connectivity index (χ0v) is 11.6. The number of carboxylic acid groups (broad SMARTS) is 1. The molecule has 0 aromatic carbocycles. The molecule has 0 saturated heterocycles. The summed E-state index contributed by atoms with van der Waals surface area (Å²) < 4.78 is 31.7. The number of aliphatic carboxylic acids is 1. The van der Waals surface area contributed by atoms with Crippen LogP contribution in [0.1, 0.15) is 65.2 Å². The smallest absolute Gasteiger partial charge is 0.475 e. The summed E-state index contributed by atoms with van der Waals surface area (Å²) in [5, 5.41) is 7.12. The third kappa shape index (κ3) is 19.4. The molecule has 0 bridgehead atoms. The number of carboxylic acids is 1. The molecule has 0 aromatic rings. The Bertz CT molecular complexity index is 250. The second kappa shape index (κ2) is 12.0. The van der Waals surface area contributed by atoms with Gasteiger partial charge in [0.1, 0.15) is 5.78 Å². The number of hydrogen-bond donors (Lipinski definition) is 1. The number of rotatable bonds is 8. The van der Waals surface area contributed by atoms with E-state index in [2.05, 4.69) is 6.92 Å². The van der Waals surface area contributed by atoms with E-state index in [0.29, 0.717) is 5.78 Å². The van der Waals surface area contributed by atoms with Crippen molar-refractivity contribution in [2.75, 3.05) is 0 Å². The van der Waals surface area contributed by atoms with E-state index in [4.69, 9.17) is 9.90 Å². The topological polar surface area (TPSA) is 54.4 Å². The van der Waals surface area contributed by atoms with Gasteiger partial charge in [-0.15, -0.1) is 0 Å². The van der Waals surface area contributed by atoms with Crippen molar-refractivity contribution < 1.29 is 27.9 Å². The predicted octanol–water partition coefficient (Wildman–Crippen LogP) is 4.35. The lowest BCUT2D eigenvalue weighted by Gasteiger charge is -1.98. The molecular formula is C13H23F3O3. The summed E-state index contributed by atoms with van der Waals surface area (Å²) in [7, 11) is 0. The zero-order valence-electron chi connectivity index (χ0n) is 11.6. The predicted molar refractivity (Wildman–Crippen MR) is 67.0 cm³/mol. The minimum Gasteiger partial charge on any atom is -0.475 e. The fourth-order valence-electron chi connectivity index (χ4n) is 1.33. The van der Waals surface area contributed by atoms with Crippen molar-refractivity contribution in [3.05, 3.63) is 0 Å². The maximum Gasteiger partial charge on any atom is 0.490 e. The van der Waals surface area contributed by atoms with Gasteiger partial charge in [-0.1, -0.05) is 45.4 Å². The minimum absolute atomic E-state index is 0.337. The third-order valence-electron chi connectivity index (χ3n) is 2.37. The van der Waals surface area contributed by atoms with Crippen LogP contribution < -0.4 is 0 Å². The molecule has 0 heterocycles. The van der Waals surface area contributed by atoms with E-state index >= 15 is 0 Å². The Kier molecular flexibility index (Phi) is 12.8. The Balaban J connectivity index is 0. The summed E-state index contributed by atoms with van der Waals surface area (Å²) in [5.74, 6) is -2.42. The fourth-order valence-corrected chi connectivity index (χ4v) is 1.33. The fraction of sp³-hybridized carbons (Fsp3) is 0.846. The summed E-state index contributed by atoms with van der Waals surface area (Å²) in [6, 6.07) is 0. The second-order valence-electron chi connectivity index (χ2n) is 4.38. The Morgan fingerprint density at radius 1 is 0.947 bits per heavy atom.